The first-order valence-corrected chi connectivity index (χ1v) is 5.78. The lowest BCUT2D eigenvalue weighted by Gasteiger charge is -2.13. The summed E-state index contributed by atoms with van der Waals surface area (Å²) in [4.78, 5) is 5.36. The molecule has 1 unspecified atom stereocenters. The zero-order valence-corrected chi connectivity index (χ0v) is 9.71. The lowest BCUT2D eigenvalue weighted by atomic mass is 10.0. The van der Waals surface area contributed by atoms with E-state index in [0.717, 1.165) is 5.56 Å². The van der Waals surface area contributed by atoms with E-state index < -0.39 is 0 Å². The van der Waals surface area contributed by atoms with Gasteiger partial charge in [-0.05, 0) is 48.1 Å². The second-order valence-electron chi connectivity index (χ2n) is 3.68. The summed E-state index contributed by atoms with van der Waals surface area (Å²) in [7, 11) is 0. The van der Waals surface area contributed by atoms with Crippen molar-refractivity contribution in [2.45, 2.75) is 19.9 Å². The Labute approximate surface area is 93.8 Å². The van der Waals surface area contributed by atoms with Crippen molar-refractivity contribution in [3.05, 3.63) is 51.5 Å². The van der Waals surface area contributed by atoms with Crippen molar-refractivity contribution in [3.8, 4) is 0 Å². The van der Waals surface area contributed by atoms with Crippen molar-refractivity contribution in [2.24, 2.45) is 5.73 Å². The van der Waals surface area contributed by atoms with Gasteiger partial charge in [-0.3, -0.25) is 4.98 Å². The Kier molecular flexibility index (Phi) is 2.84. The van der Waals surface area contributed by atoms with E-state index in [4.69, 9.17) is 5.73 Å². The van der Waals surface area contributed by atoms with Gasteiger partial charge in [0.2, 0.25) is 0 Å². The number of hydrogen-bond acceptors (Lipinski definition) is 3. The summed E-state index contributed by atoms with van der Waals surface area (Å²) in [5.41, 5.74) is 9.81. The van der Waals surface area contributed by atoms with Crippen LogP contribution in [0.1, 0.15) is 27.6 Å². The predicted molar refractivity (Wildman–Crippen MR) is 64.1 cm³/mol. The van der Waals surface area contributed by atoms with Crippen molar-refractivity contribution < 1.29 is 0 Å². The normalized spacial score (nSPS) is 12.7. The summed E-state index contributed by atoms with van der Waals surface area (Å²) in [5.74, 6) is 0. The third-order valence-corrected chi connectivity index (χ3v) is 3.70. The zero-order chi connectivity index (χ0) is 10.8. The minimum absolute atomic E-state index is 0.0429. The largest absolute Gasteiger partial charge is 0.320 e. The van der Waals surface area contributed by atoms with Crippen LogP contribution in [0, 0.1) is 13.8 Å². The fourth-order valence-electron chi connectivity index (χ4n) is 1.65. The van der Waals surface area contributed by atoms with E-state index in [0.29, 0.717) is 0 Å². The minimum atomic E-state index is -0.0429. The van der Waals surface area contributed by atoms with Crippen molar-refractivity contribution in [3.63, 3.8) is 0 Å². The molecule has 0 aliphatic carbocycles. The summed E-state index contributed by atoms with van der Waals surface area (Å²) in [6, 6.07) is 4.06. The first-order chi connectivity index (χ1) is 7.20. The second-order valence-corrected chi connectivity index (χ2v) is 4.63. The molecule has 2 aromatic rings. The number of aryl methyl sites for hydroxylation is 2. The molecule has 0 aliphatic rings. The van der Waals surface area contributed by atoms with Crippen molar-refractivity contribution in [1.82, 2.24) is 4.98 Å². The molecule has 0 aliphatic heterocycles. The lowest BCUT2D eigenvalue weighted by molar-refractivity contribution is 0.865. The molecule has 2 heterocycles. The molecule has 3 heteroatoms. The maximum absolute atomic E-state index is 6.23. The highest BCUT2D eigenvalue weighted by Gasteiger charge is 2.14. The third kappa shape index (κ3) is 1.94. The number of aromatic nitrogens is 1. The van der Waals surface area contributed by atoms with E-state index in [1.54, 1.807) is 17.5 Å². The highest BCUT2D eigenvalue weighted by atomic mass is 32.1. The molecule has 15 heavy (non-hydrogen) atoms. The molecule has 0 bridgehead atoms. The lowest BCUT2D eigenvalue weighted by Crippen LogP contribution is -2.13. The molecule has 78 valence electrons. The number of hydrogen-bond donors (Lipinski definition) is 1. The van der Waals surface area contributed by atoms with Gasteiger partial charge in [0.1, 0.15) is 0 Å². The van der Waals surface area contributed by atoms with E-state index in [1.807, 2.05) is 12.3 Å². The maximum atomic E-state index is 6.23. The molecule has 2 N–H and O–H groups in total. The van der Waals surface area contributed by atoms with Crippen molar-refractivity contribution in [2.75, 3.05) is 0 Å². The first-order valence-electron chi connectivity index (χ1n) is 4.90. The number of nitrogens with zero attached hydrogens (tertiary/aromatic N) is 1. The van der Waals surface area contributed by atoms with Crippen molar-refractivity contribution in [1.29, 1.82) is 0 Å². The van der Waals surface area contributed by atoms with Crippen LogP contribution in [0.2, 0.25) is 0 Å². The molecule has 0 aromatic carbocycles. The molecule has 0 fully saturated rings. The topological polar surface area (TPSA) is 38.9 Å². The Hall–Kier alpha value is -1.19. The van der Waals surface area contributed by atoms with Crippen LogP contribution < -0.4 is 5.73 Å². The summed E-state index contributed by atoms with van der Waals surface area (Å²) in [6.07, 6.45) is 3.66. The number of thiophene rings is 1. The Balaban J connectivity index is 2.41. The molecular weight excluding hydrogens is 204 g/mol. The maximum Gasteiger partial charge on any atom is 0.0666 e. The van der Waals surface area contributed by atoms with Crippen LogP contribution in [-0.4, -0.2) is 4.98 Å². The van der Waals surface area contributed by atoms with Gasteiger partial charge in [-0.1, -0.05) is 0 Å². The molecule has 2 aromatic heterocycles. The van der Waals surface area contributed by atoms with Crippen LogP contribution in [0.25, 0.3) is 0 Å². The van der Waals surface area contributed by atoms with Gasteiger partial charge in [-0.2, -0.15) is 0 Å². The van der Waals surface area contributed by atoms with Gasteiger partial charge < -0.3 is 5.73 Å². The van der Waals surface area contributed by atoms with Gasteiger partial charge >= 0.3 is 0 Å². The van der Waals surface area contributed by atoms with Gasteiger partial charge in [0.25, 0.3) is 0 Å². The summed E-state index contributed by atoms with van der Waals surface area (Å²) < 4.78 is 0. The molecular formula is C12H14N2S. The highest BCUT2D eigenvalue weighted by Crippen LogP contribution is 2.28. The average Bonchev–Trinajstić information content (AvgIpc) is 2.64. The van der Waals surface area contributed by atoms with E-state index in [9.17, 15) is 0 Å². The van der Waals surface area contributed by atoms with Crippen LogP contribution in [-0.2, 0) is 0 Å². The third-order valence-electron chi connectivity index (χ3n) is 2.60. The molecule has 0 saturated carbocycles. The summed E-state index contributed by atoms with van der Waals surface area (Å²) >= 11 is 1.71. The molecule has 2 rings (SSSR count). The molecule has 0 radical (unpaired) electrons. The number of rotatable bonds is 2. The molecule has 0 saturated heterocycles. The van der Waals surface area contributed by atoms with Crippen molar-refractivity contribution >= 4 is 11.3 Å². The van der Waals surface area contributed by atoms with Crippen LogP contribution in [0.15, 0.2) is 29.9 Å². The molecule has 0 amide bonds. The minimum Gasteiger partial charge on any atom is -0.320 e. The quantitative estimate of drug-likeness (QED) is 0.841. The Morgan fingerprint density at radius 1 is 1.27 bits per heavy atom. The summed E-state index contributed by atoms with van der Waals surface area (Å²) in [5, 5.41) is 2.08. The van der Waals surface area contributed by atoms with E-state index in [2.05, 4.69) is 30.3 Å². The Morgan fingerprint density at radius 3 is 2.67 bits per heavy atom. The monoisotopic (exact) mass is 218 g/mol. The smallest absolute Gasteiger partial charge is 0.0666 e. The van der Waals surface area contributed by atoms with Gasteiger partial charge in [-0.25, -0.2) is 0 Å². The second kappa shape index (κ2) is 4.13. The SMILES string of the molecule is Cc1ccncc1C(N)c1sccc1C. The predicted octanol–water partition coefficient (Wildman–Crippen LogP) is 2.81. The standard InChI is InChI=1S/C12H14N2S/c1-8-3-5-14-7-10(8)11(13)12-9(2)4-6-15-12/h3-7,11H,13H2,1-2H3. The molecule has 2 nitrogen and oxygen atoms in total. The van der Waals surface area contributed by atoms with Gasteiger partial charge in [-0.15, -0.1) is 11.3 Å². The van der Waals surface area contributed by atoms with Gasteiger partial charge in [0, 0.05) is 17.3 Å². The van der Waals surface area contributed by atoms with E-state index >= 15 is 0 Å². The molecule has 1 atom stereocenters. The van der Waals surface area contributed by atoms with Crippen LogP contribution >= 0.6 is 11.3 Å². The summed E-state index contributed by atoms with van der Waals surface area (Å²) in [6.45, 7) is 4.16. The van der Waals surface area contributed by atoms with Gasteiger partial charge in [0.15, 0.2) is 0 Å². The first kappa shape index (κ1) is 10.3. The zero-order valence-electron chi connectivity index (χ0n) is 8.90. The van der Waals surface area contributed by atoms with Crippen LogP contribution in [0.4, 0.5) is 0 Å². The van der Waals surface area contributed by atoms with Crippen LogP contribution in [0.3, 0.4) is 0 Å². The number of pyridine rings is 1. The Bertz CT molecular complexity index is 462. The Morgan fingerprint density at radius 2 is 2.07 bits per heavy atom. The number of nitrogens with two attached hydrogens (primary N) is 1. The van der Waals surface area contributed by atoms with Gasteiger partial charge in [0.05, 0.1) is 6.04 Å². The van der Waals surface area contributed by atoms with E-state index in [-0.39, 0.29) is 6.04 Å². The highest BCUT2D eigenvalue weighted by molar-refractivity contribution is 7.10. The van der Waals surface area contributed by atoms with Crippen LogP contribution in [0.5, 0.6) is 0 Å². The average molecular weight is 218 g/mol. The van der Waals surface area contributed by atoms with E-state index in [1.165, 1.54) is 16.0 Å². The fraction of sp³-hybridized carbons (Fsp3) is 0.250. The fourth-order valence-corrected chi connectivity index (χ4v) is 2.59. The molecule has 0 spiro atoms.